The van der Waals surface area contributed by atoms with Crippen LogP contribution >= 0.6 is 15.9 Å². The van der Waals surface area contributed by atoms with Crippen LogP contribution in [0.2, 0.25) is 0 Å². The third-order valence-corrected chi connectivity index (χ3v) is 3.31. The van der Waals surface area contributed by atoms with E-state index in [-0.39, 0.29) is 0 Å². The van der Waals surface area contributed by atoms with Crippen LogP contribution in [0.4, 0.5) is 0 Å². The Balaban J connectivity index is 2.53. The van der Waals surface area contributed by atoms with Gasteiger partial charge in [-0.15, -0.1) is 0 Å². The Labute approximate surface area is 101 Å². The summed E-state index contributed by atoms with van der Waals surface area (Å²) in [6, 6.07) is 6.50. The molecule has 2 nitrogen and oxygen atoms in total. The minimum atomic E-state index is 0.768. The van der Waals surface area contributed by atoms with E-state index in [4.69, 9.17) is 5.73 Å². The Morgan fingerprint density at radius 1 is 1.40 bits per heavy atom. The summed E-state index contributed by atoms with van der Waals surface area (Å²) in [5.74, 6) is 0. The predicted molar refractivity (Wildman–Crippen MR) is 68.9 cm³/mol. The molecular formula is C12H19BrN2. The SMILES string of the molecule is Cc1cc(CN(C)CCCN)ccc1Br. The highest BCUT2D eigenvalue weighted by molar-refractivity contribution is 9.10. The van der Waals surface area contributed by atoms with Gasteiger partial charge in [0.2, 0.25) is 0 Å². The van der Waals surface area contributed by atoms with Crippen molar-refractivity contribution in [3.05, 3.63) is 33.8 Å². The molecule has 0 bridgehead atoms. The van der Waals surface area contributed by atoms with Crippen molar-refractivity contribution >= 4 is 15.9 Å². The van der Waals surface area contributed by atoms with E-state index in [2.05, 4.69) is 53.0 Å². The minimum absolute atomic E-state index is 0.768. The van der Waals surface area contributed by atoms with Gasteiger partial charge < -0.3 is 10.6 Å². The van der Waals surface area contributed by atoms with E-state index in [1.165, 1.54) is 15.6 Å². The standard InChI is InChI=1S/C12H19BrN2/c1-10-8-11(4-5-12(10)13)9-15(2)7-3-6-14/h4-5,8H,3,6-7,9,14H2,1-2H3. The highest BCUT2D eigenvalue weighted by atomic mass is 79.9. The van der Waals surface area contributed by atoms with E-state index >= 15 is 0 Å². The first-order valence-corrected chi connectivity index (χ1v) is 6.06. The lowest BCUT2D eigenvalue weighted by Gasteiger charge is -2.16. The number of nitrogens with two attached hydrogens (primary N) is 1. The predicted octanol–water partition coefficient (Wildman–Crippen LogP) is 2.54. The third kappa shape index (κ3) is 4.33. The molecule has 0 heterocycles. The van der Waals surface area contributed by atoms with Gasteiger partial charge in [-0.25, -0.2) is 0 Å². The fourth-order valence-corrected chi connectivity index (χ4v) is 1.80. The Bertz CT molecular complexity index is 312. The first kappa shape index (κ1) is 12.7. The Kier molecular flexibility index (Phi) is 5.29. The van der Waals surface area contributed by atoms with Gasteiger partial charge >= 0.3 is 0 Å². The first-order valence-electron chi connectivity index (χ1n) is 5.27. The zero-order chi connectivity index (χ0) is 11.3. The maximum Gasteiger partial charge on any atom is 0.0230 e. The molecule has 1 aromatic carbocycles. The van der Waals surface area contributed by atoms with Crippen molar-refractivity contribution in [1.82, 2.24) is 4.90 Å². The van der Waals surface area contributed by atoms with Crippen LogP contribution in [0.3, 0.4) is 0 Å². The molecule has 84 valence electrons. The van der Waals surface area contributed by atoms with Crippen LogP contribution in [0.1, 0.15) is 17.5 Å². The first-order chi connectivity index (χ1) is 7.13. The molecule has 0 radical (unpaired) electrons. The second-order valence-electron chi connectivity index (χ2n) is 3.96. The van der Waals surface area contributed by atoms with Crippen LogP contribution in [0, 0.1) is 6.92 Å². The van der Waals surface area contributed by atoms with Gasteiger partial charge in [0, 0.05) is 11.0 Å². The molecule has 0 saturated carbocycles. The van der Waals surface area contributed by atoms with Crippen LogP contribution in [0.25, 0.3) is 0 Å². The smallest absolute Gasteiger partial charge is 0.0230 e. The molecule has 0 fully saturated rings. The summed E-state index contributed by atoms with van der Waals surface area (Å²) in [5, 5.41) is 0. The Hall–Kier alpha value is -0.380. The van der Waals surface area contributed by atoms with Gasteiger partial charge in [0.05, 0.1) is 0 Å². The molecule has 0 spiro atoms. The third-order valence-electron chi connectivity index (χ3n) is 2.42. The maximum atomic E-state index is 5.48. The summed E-state index contributed by atoms with van der Waals surface area (Å²) in [5.41, 5.74) is 8.13. The van der Waals surface area contributed by atoms with Gasteiger partial charge in [-0.1, -0.05) is 28.1 Å². The average molecular weight is 271 g/mol. The number of hydrogen-bond acceptors (Lipinski definition) is 2. The highest BCUT2D eigenvalue weighted by Crippen LogP contribution is 2.17. The van der Waals surface area contributed by atoms with Crippen LogP contribution in [-0.4, -0.2) is 25.0 Å². The molecule has 0 saturated heterocycles. The van der Waals surface area contributed by atoms with Crippen molar-refractivity contribution in [3.63, 3.8) is 0 Å². The van der Waals surface area contributed by atoms with Gasteiger partial charge in [0.1, 0.15) is 0 Å². The lowest BCUT2D eigenvalue weighted by Crippen LogP contribution is -2.21. The zero-order valence-electron chi connectivity index (χ0n) is 9.46. The summed E-state index contributed by atoms with van der Waals surface area (Å²) in [7, 11) is 2.13. The molecule has 0 aliphatic heterocycles. The van der Waals surface area contributed by atoms with Crippen molar-refractivity contribution in [1.29, 1.82) is 0 Å². The number of rotatable bonds is 5. The second-order valence-corrected chi connectivity index (χ2v) is 4.82. The normalized spacial score (nSPS) is 11.0. The molecule has 0 aliphatic carbocycles. The van der Waals surface area contributed by atoms with Crippen LogP contribution < -0.4 is 5.73 Å². The molecule has 0 atom stereocenters. The fraction of sp³-hybridized carbons (Fsp3) is 0.500. The molecule has 0 amide bonds. The summed E-state index contributed by atoms with van der Waals surface area (Å²) in [4.78, 5) is 2.30. The fourth-order valence-electron chi connectivity index (χ4n) is 1.56. The molecule has 0 unspecified atom stereocenters. The van der Waals surface area contributed by atoms with Crippen molar-refractivity contribution < 1.29 is 0 Å². The highest BCUT2D eigenvalue weighted by Gasteiger charge is 2.01. The van der Waals surface area contributed by atoms with Crippen molar-refractivity contribution in [3.8, 4) is 0 Å². The largest absolute Gasteiger partial charge is 0.330 e. The van der Waals surface area contributed by atoms with Gasteiger partial charge in [-0.3, -0.25) is 0 Å². The van der Waals surface area contributed by atoms with Crippen LogP contribution in [0.5, 0.6) is 0 Å². The van der Waals surface area contributed by atoms with Crippen molar-refractivity contribution in [2.24, 2.45) is 5.73 Å². The van der Waals surface area contributed by atoms with E-state index in [1.807, 2.05) is 0 Å². The van der Waals surface area contributed by atoms with E-state index < -0.39 is 0 Å². The zero-order valence-corrected chi connectivity index (χ0v) is 11.0. The molecule has 0 aliphatic rings. The molecular weight excluding hydrogens is 252 g/mol. The quantitative estimate of drug-likeness (QED) is 0.891. The van der Waals surface area contributed by atoms with Crippen molar-refractivity contribution in [2.45, 2.75) is 19.9 Å². The van der Waals surface area contributed by atoms with E-state index in [1.54, 1.807) is 0 Å². The van der Waals surface area contributed by atoms with E-state index in [0.29, 0.717) is 0 Å². The topological polar surface area (TPSA) is 29.3 Å². The van der Waals surface area contributed by atoms with Crippen LogP contribution in [0.15, 0.2) is 22.7 Å². The van der Waals surface area contributed by atoms with E-state index in [9.17, 15) is 0 Å². The number of nitrogens with zero attached hydrogens (tertiary/aromatic N) is 1. The Morgan fingerprint density at radius 2 is 2.13 bits per heavy atom. The minimum Gasteiger partial charge on any atom is -0.330 e. The summed E-state index contributed by atoms with van der Waals surface area (Å²) in [6.07, 6.45) is 1.06. The lowest BCUT2D eigenvalue weighted by molar-refractivity contribution is 0.324. The van der Waals surface area contributed by atoms with Gasteiger partial charge in [0.25, 0.3) is 0 Å². The van der Waals surface area contributed by atoms with Gasteiger partial charge in [0.15, 0.2) is 0 Å². The molecule has 1 rings (SSSR count). The average Bonchev–Trinajstić information content (AvgIpc) is 2.20. The summed E-state index contributed by atoms with van der Waals surface area (Å²) in [6.45, 7) is 4.94. The molecule has 15 heavy (non-hydrogen) atoms. The lowest BCUT2D eigenvalue weighted by atomic mass is 10.1. The monoisotopic (exact) mass is 270 g/mol. The molecule has 2 N–H and O–H groups in total. The summed E-state index contributed by atoms with van der Waals surface area (Å²) >= 11 is 3.51. The number of aryl methyl sites for hydroxylation is 1. The molecule has 3 heteroatoms. The number of benzene rings is 1. The van der Waals surface area contributed by atoms with Crippen molar-refractivity contribution in [2.75, 3.05) is 20.1 Å². The summed E-state index contributed by atoms with van der Waals surface area (Å²) < 4.78 is 1.18. The van der Waals surface area contributed by atoms with E-state index in [0.717, 1.165) is 26.1 Å². The number of hydrogen-bond donors (Lipinski definition) is 1. The molecule has 0 aromatic heterocycles. The second kappa shape index (κ2) is 6.26. The maximum absolute atomic E-state index is 5.48. The van der Waals surface area contributed by atoms with Gasteiger partial charge in [-0.2, -0.15) is 0 Å². The Morgan fingerprint density at radius 3 is 2.73 bits per heavy atom. The van der Waals surface area contributed by atoms with Gasteiger partial charge in [-0.05, 0) is 50.7 Å². The van der Waals surface area contributed by atoms with Crippen LogP contribution in [-0.2, 0) is 6.54 Å². The number of halogens is 1. The molecule has 1 aromatic rings.